The molecule has 1 heterocycles. The van der Waals surface area contributed by atoms with Crippen LogP contribution < -0.4 is 10.6 Å². The Kier molecular flexibility index (Phi) is 6.76. The van der Waals surface area contributed by atoms with E-state index in [4.69, 9.17) is 12.2 Å². The highest BCUT2D eigenvalue weighted by molar-refractivity contribution is 7.80. The average Bonchev–Trinajstić information content (AvgIpc) is 2.54. The number of thiocarbonyl (C=S) groups is 1. The van der Waals surface area contributed by atoms with E-state index >= 15 is 0 Å². The van der Waals surface area contributed by atoms with E-state index < -0.39 is 0 Å². The third kappa shape index (κ3) is 5.71. The van der Waals surface area contributed by atoms with Gasteiger partial charge in [0, 0.05) is 38.3 Å². The van der Waals surface area contributed by atoms with Crippen molar-refractivity contribution in [3.05, 3.63) is 35.9 Å². The number of carbonyl (C=O) groups excluding carboxylic acids is 1. The molecule has 0 bridgehead atoms. The molecule has 1 saturated heterocycles. The summed E-state index contributed by atoms with van der Waals surface area (Å²) >= 11 is 5.15. The minimum atomic E-state index is -0.169. The van der Waals surface area contributed by atoms with Crippen LogP contribution in [0.15, 0.2) is 30.3 Å². The predicted molar refractivity (Wildman–Crippen MR) is 93.1 cm³/mol. The van der Waals surface area contributed by atoms with Gasteiger partial charge in [0.05, 0.1) is 0 Å². The SMILES string of the molecule is CN1CCN(CCCNC(=S)NC(=O)c2ccccc2)CC1. The smallest absolute Gasteiger partial charge is 0.257 e. The van der Waals surface area contributed by atoms with Crippen LogP contribution in [0.2, 0.25) is 0 Å². The van der Waals surface area contributed by atoms with E-state index in [2.05, 4.69) is 27.5 Å². The number of carbonyl (C=O) groups is 1. The molecule has 0 saturated carbocycles. The first kappa shape index (κ1) is 16.9. The van der Waals surface area contributed by atoms with E-state index in [0.29, 0.717) is 10.7 Å². The predicted octanol–water partition coefficient (Wildman–Crippen LogP) is 0.928. The van der Waals surface area contributed by atoms with Gasteiger partial charge in [0.1, 0.15) is 0 Å². The molecule has 0 aliphatic carbocycles. The number of piperazine rings is 1. The fourth-order valence-electron chi connectivity index (χ4n) is 2.39. The Balaban J connectivity index is 1.59. The zero-order valence-corrected chi connectivity index (χ0v) is 13.9. The molecule has 0 unspecified atom stereocenters. The molecular formula is C16H24N4OS. The fraction of sp³-hybridized carbons (Fsp3) is 0.500. The monoisotopic (exact) mass is 320 g/mol. The summed E-state index contributed by atoms with van der Waals surface area (Å²) in [5, 5.41) is 6.19. The Morgan fingerprint density at radius 1 is 1.18 bits per heavy atom. The largest absolute Gasteiger partial charge is 0.362 e. The lowest BCUT2D eigenvalue weighted by Crippen LogP contribution is -2.45. The summed E-state index contributed by atoms with van der Waals surface area (Å²) in [4.78, 5) is 16.7. The van der Waals surface area contributed by atoms with Crippen molar-refractivity contribution in [1.82, 2.24) is 20.4 Å². The minimum absolute atomic E-state index is 0.169. The fourth-order valence-corrected chi connectivity index (χ4v) is 2.58. The molecule has 1 aromatic carbocycles. The van der Waals surface area contributed by atoms with E-state index in [1.165, 1.54) is 0 Å². The van der Waals surface area contributed by atoms with E-state index in [1.54, 1.807) is 12.1 Å². The highest BCUT2D eigenvalue weighted by Crippen LogP contribution is 2.00. The van der Waals surface area contributed by atoms with Crippen molar-refractivity contribution < 1.29 is 4.79 Å². The molecule has 5 nitrogen and oxygen atoms in total. The summed E-state index contributed by atoms with van der Waals surface area (Å²) in [6.07, 6.45) is 1.02. The van der Waals surface area contributed by atoms with Gasteiger partial charge in [0.25, 0.3) is 5.91 Å². The van der Waals surface area contributed by atoms with Gasteiger partial charge in [-0.25, -0.2) is 0 Å². The van der Waals surface area contributed by atoms with Crippen molar-refractivity contribution in [2.45, 2.75) is 6.42 Å². The van der Waals surface area contributed by atoms with Crippen molar-refractivity contribution >= 4 is 23.2 Å². The molecule has 0 spiro atoms. The van der Waals surface area contributed by atoms with Gasteiger partial charge in [-0.2, -0.15) is 0 Å². The first-order valence-corrected chi connectivity index (χ1v) is 8.11. The molecule has 0 radical (unpaired) electrons. The van der Waals surface area contributed by atoms with Crippen LogP contribution in [-0.4, -0.2) is 67.1 Å². The van der Waals surface area contributed by atoms with Crippen molar-refractivity contribution in [1.29, 1.82) is 0 Å². The molecule has 0 atom stereocenters. The van der Waals surface area contributed by atoms with Crippen molar-refractivity contribution in [3.63, 3.8) is 0 Å². The maximum atomic E-state index is 11.9. The minimum Gasteiger partial charge on any atom is -0.362 e. The van der Waals surface area contributed by atoms with Crippen LogP contribution in [-0.2, 0) is 0 Å². The quantitative estimate of drug-likeness (QED) is 0.624. The number of hydrogen-bond donors (Lipinski definition) is 2. The number of hydrogen-bond acceptors (Lipinski definition) is 4. The zero-order valence-electron chi connectivity index (χ0n) is 13.0. The molecule has 2 N–H and O–H groups in total. The molecular weight excluding hydrogens is 296 g/mol. The number of benzene rings is 1. The number of rotatable bonds is 5. The van der Waals surface area contributed by atoms with Crippen LogP contribution in [0.3, 0.4) is 0 Å². The molecule has 1 aliphatic rings. The second-order valence-electron chi connectivity index (χ2n) is 5.57. The van der Waals surface area contributed by atoms with Crippen LogP contribution in [0, 0.1) is 0 Å². The standard InChI is InChI=1S/C16H24N4OS/c1-19-10-12-20(13-11-19)9-5-8-17-16(22)18-15(21)14-6-3-2-4-7-14/h2-4,6-7H,5,8-13H2,1H3,(H2,17,18,21,22). The summed E-state index contributed by atoms with van der Waals surface area (Å²) in [7, 11) is 2.16. The topological polar surface area (TPSA) is 47.6 Å². The molecule has 22 heavy (non-hydrogen) atoms. The number of likely N-dealkylation sites (N-methyl/N-ethyl adjacent to an activating group) is 1. The number of amides is 1. The van der Waals surface area contributed by atoms with Gasteiger partial charge < -0.3 is 15.1 Å². The van der Waals surface area contributed by atoms with Gasteiger partial charge in [0.2, 0.25) is 0 Å². The summed E-state index contributed by atoms with van der Waals surface area (Å²) in [5.74, 6) is -0.169. The third-order valence-electron chi connectivity index (χ3n) is 3.80. The van der Waals surface area contributed by atoms with E-state index in [-0.39, 0.29) is 5.91 Å². The summed E-state index contributed by atoms with van der Waals surface area (Å²) < 4.78 is 0. The first-order chi connectivity index (χ1) is 10.6. The lowest BCUT2D eigenvalue weighted by atomic mass is 10.2. The lowest BCUT2D eigenvalue weighted by Gasteiger charge is -2.32. The van der Waals surface area contributed by atoms with Crippen molar-refractivity contribution in [2.75, 3.05) is 46.3 Å². The van der Waals surface area contributed by atoms with Crippen molar-refractivity contribution in [2.24, 2.45) is 0 Å². The average molecular weight is 320 g/mol. The molecule has 1 aliphatic heterocycles. The first-order valence-electron chi connectivity index (χ1n) is 7.70. The van der Waals surface area contributed by atoms with Crippen LogP contribution in [0.25, 0.3) is 0 Å². The third-order valence-corrected chi connectivity index (χ3v) is 4.04. The summed E-state index contributed by atoms with van der Waals surface area (Å²) in [6, 6.07) is 9.09. The van der Waals surface area contributed by atoms with Crippen LogP contribution in [0.4, 0.5) is 0 Å². The van der Waals surface area contributed by atoms with Gasteiger partial charge in [-0.1, -0.05) is 18.2 Å². The molecule has 120 valence electrons. The Morgan fingerprint density at radius 3 is 2.55 bits per heavy atom. The van der Waals surface area contributed by atoms with Gasteiger partial charge >= 0.3 is 0 Å². The highest BCUT2D eigenvalue weighted by atomic mass is 32.1. The Hall–Kier alpha value is -1.50. The maximum Gasteiger partial charge on any atom is 0.257 e. The van der Waals surface area contributed by atoms with Gasteiger partial charge in [0.15, 0.2) is 5.11 Å². The van der Waals surface area contributed by atoms with Gasteiger partial charge in [-0.05, 0) is 44.4 Å². The number of nitrogens with one attached hydrogen (secondary N) is 2. The molecule has 0 aromatic heterocycles. The normalized spacial score (nSPS) is 16.2. The molecule has 6 heteroatoms. The highest BCUT2D eigenvalue weighted by Gasteiger charge is 2.12. The van der Waals surface area contributed by atoms with E-state index in [1.807, 2.05) is 18.2 Å². The van der Waals surface area contributed by atoms with E-state index in [0.717, 1.165) is 45.7 Å². The van der Waals surface area contributed by atoms with Gasteiger partial charge in [-0.3, -0.25) is 10.1 Å². The molecule has 2 rings (SSSR count). The van der Waals surface area contributed by atoms with E-state index in [9.17, 15) is 4.79 Å². The van der Waals surface area contributed by atoms with Crippen LogP contribution >= 0.6 is 12.2 Å². The van der Waals surface area contributed by atoms with Crippen LogP contribution in [0.1, 0.15) is 16.8 Å². The maximum absolute atomic E-state index is 11.9. The molecule has 1 fully saturated rings. The lowest BCUT2D eigenvalue weighted by molar-refractivity contribution is 0.0976. The van der Waals surface area contributed by atoms with Crippen molar-refractivity contribution in [3.8, 4) is 0 Å². The second-order valence-corrected chi connectivity index (χ2v) is 5.98. The Bertz CT molecular complexity index is 486. The van der Waals surface area contributed by atoms with Crippen LogP contribution in [0.5, 0.6) is 0 Å². The van der Waals surface area contributed by atoms with Gasteiger partial charge in [-0.15, -0.1) is 0 Å². The Labute approximate surface area is 137 Å². The summed E-state index contributed by atoms with van der Waals surface area (Å²) in [5.41, 5.74) is 0.615. The molecule has 1 amide bonds. The number of nitrogens with zero attached hydrogens (tertiary/aromatic N) is 2. The summed E-state index contributed by atoms with van der Waals surface area (Å²) in [6.45, 7) is 6.38. The zero-order chi connectivity index (χ0) is 15.8. The molecule has 1 aromatic rings. The Morgan fingerprint density at radius 2 is 1.86 bits per heavy atom. The second kappa shape index (κ2) is 8.82.